The van der Waals surface area contributed by atoms with E-state index in [-0.39, 0.29) is 18.6 Å². The second kappa shape index (κ2) is 9.82. The van der Waals surface area contributed by atoms with Crippen LogP contribution in [0, 0.1) is 5.41 Å². The number of aromatic nitrogens is 4. The van der Waals surface area contributed by atoms with Gasteiger partial charge in [-0.15, -0.1) is 10.2 Å². The number of rotatable bonds is 9. The van der Waals surface area contributed by atoms with Gasteiger partial charge in [0, 0.05) is 31.1 Å². The van der Waals surface area contributed by atoms with Crippen LogP contribution in [-0.4, -0.2) is 51.9 Å². The number of hydrogen-bond acceptors (Lipinski definition) is 9. The average molecular weight is 426 g/mol. The van der Waals surface area contributed by atoms with Crippen LogP contribution in [0.5, 0.6) is 0 Å². The van der Waals surface area contributed by atoms with E-state index in [9.17, 15) is 0 Å². The largest absolute Gasteiger partial charge is 0.373 e. The highest BCUT2D eigenvalue weighted by molar-refractivity contribution is 7.15. The normalized spacial score (nSPS) is 12.9. The summed E-state index contributed by atoms with van der Waals surface area (Å²) in [6.45, 7) is 8.33. The number of ether oxygens (including phenoxy) is 1. The van der Waals surface area contributed by atoms with E-state index < -0.39 is 0 Å². The molecule has 1 unspecified atom stereocenters. The number of anilines is 2. The molecule has 0 aliphatic carbocycles. The van der Waals surface area contributed by atoms with E-state index in [0.717, 1.165) is 21.6 Å². The standard InChI is InChI=1S/C21H27N7OS/c1-12(2)20-27-28-21(30-20)26-19-7-6-17-18(25-19)8-14(9-24-17)15(10-23-5)16(22)11-29-13(3)4/h6-10,12-13,15,22H,11H2,1-5H3,(H,25,26,28). The smallest absolute Gasteiger partial charge is 0.211 e. The second-order valence-corrected chi connectivity index (χ2v) is 8.51. The molecule has 2 N–H and O–H groups in total. The van der Waals surface area contributed by atoms with Crippen molar-refractivity contribution in [3.8, 4) is 0 Å². The van der Waals surface area contributed by atoms with E-state index in [1.165, 1.54) is 11.3 Å². The summed E-state index contributed by atoms with van der Waals surface area (Å²) in [4.78, 5) is 13.3. The minimum atomic E-state index is -0.305. The van der Waals surface area contributed by atoms with Crippen LogP contribution in [0.2, 0.25) is 0 Å². The summed E-state index contributed by atoms with van der Waals surface area (Å²) in [7, 11) is 1.70. The number of nitrogens with one attached hydrogen (secondary N) is 2. The molecule has 0 aliphatic heterocycles. The molecule has 0 spiro atoms. The summed E-state index contributed by atoms with van der Waals surface area (Å²) in [6, 6.07) is 5.73. The van der Waals surface area contributed by atoms with Crippen molar-refractivity contribution in [2.24, 2.45) is 4.99 Å². The Hall–Kier alpha value is -2.78. The molecule has 3 rings (SSSR count). The zero-order chi connectivity index (χ0) is 21.7. The van der Waals surface area contributed by atoms with Crippen molar-refractivity contribution in [3.05, 3.63) is 35.0 Å². The molecule has 3 heterocycles. The molecule has 0 saturated carbocycles. The maximum Gasteiger partial charge on any atom is 0.211 e. The fourth-order valence-electron chi connectivity index (χ4n) is 2.76. The molecule has 0 radical (unpaired) electrons. The first kappa shape index (κ1) is 21.9. The van der Waals surface area contributed by atoms with E-state index >= 15 is 0 Å². The SMILES string of the molecule is CN=CC(C(=N)COC(C)C)c1cnc2ccc(Nc3nnc(C(C)C)s3)nc2c1. The van der Waals surface area contributed by atoms with Gasteiger partial charge in [0.1, 0.15) is 10.8 Å². The summed E-state index contributed by atoms with van der Waals surface area (Å²) in [5, 5.41) is 21.7. The maximum absolute atomic E-state index is 8.43. The Balaban J connectivity index is 1.86. The van der Waals surface area contributed by atoms with Crippen molar-refractivity contribution in [2.45, 2.75) is 45.6 Å². The van der Waals surface area contributed by atoms with Crippen LogP contribution in [0.25, 0.3) is 11.0 Å². The summed E-state index contributed by atoms with van der Waals surface area (Å²) in [6.07, 6.45) is 3.57. The molecular formula is C21H27N7OS. The van der Waals surface area contributed by atoms with Gasteiger partial charge in [0.25, 0.3) is 0 Å². The Morgan fingerprint density at radius 3 is 2.70 bits per heavy atom. The van der Waals surface area contributed by atoms with E-state index in [1.54, 1.807) is 19.5 Å². The first-order chi connectivity index (χ1) is 14.4. The molecule has 0 aliphatic rings. The topological polar surface area (TPSA) is 109 Å². The third-order valence-electron chi connectivity index (χ3n) is 4.33. The van der Waals surface area contributed by atoms with E-state index in [2.05, 4.69) is 44.3 Å². The number of pyridine rings is 2. The van der Waals surface area contributed by atoms with Crippen LogP contribution < -0.4 is 5.32 Å². The van der Waals surface area contributed by atoms with Gasteiger partial charge in [-0.2, -0.15) is 0 Å². The Morgan fingerprint density at radius 2 is 2.03 bits per heavy atom. The van der Waals surface area contributed by atoms with Gasteiger partial charge in [-0.25, -0.2) is 4.98 Å². The highest BCUT2D eigenvalue weighted by atomic mass is 32.1. The minimum Gasteiger partial charge on any atom is -0.373 e. The molecule has 8 nitrogen and oxygen atoms in total. The molecule has 30 heavy (non-hydrogen) atoms. The van der Waals surface area contributed by atoms with Gasteiger partial charge >= 0.3 is 0 Å². The molecule has 0 fully saturated rings. The Kier molecular flexibility index (Phi) is 7.17. The number of nitrogens with zero attached hydrogens (tertiary/aromatic N) is 5. The maximum atomic E-state index is 8.43. The first-order valence-electron chi connectivity index (χ1n) is 9.85. The first-order valence-corrected chi connectivity index (χ1v) is 10.7. The van der Waals surface area contributed by atoms with Crippen molar-refractivity contribution < 1.29 is 4.74 Å². The minimum absolute atomic E-state index is 0.0613. The van der Waals surface area contributed by atoms with Crippen LogP contribution in [0.1, 0.15) is 50.1 Å². The molecule has 158 valence electrons. The molecule has 0 bridgehead atoms. The van der Waals surface area contributed by atoms with Crippen molar-refractivity contribution in [1.29, 1.82) is 5.41 Å². The monoisotopic (exact) mass is 425 g/mol. The zero-order valence-corrected chi connectivity index (χ0v) is 18.7. The van der Waals surface area contributed by atoms with E-state index in [1.807, 2.05) is 32.0 Å². The van der Waals surface area contributed by atoms with Crippen LogP contribution in [0.4, 0.5) is 10.9 Å². The van der Waals surface area contributed by atoms with Gasteiger partial charge in [0.2, 0.25) is 5.13 Å². The molecule has 9 heteroatoms. The fraction of sp³-hybridized carbons (Fsp3) is 0.429. The average Bonchev–Trinajstić information content (AvgIpc) is 3.18. The van der Waals surface area contributed by atoms with E-state index in [0.29, 0.717) is 22.6 Å². The van der Waals surface area contributed by atoms with Crippen molar-refractivity contribution >= 4 is 45.2 Å². The van der Waals surface area contributed by atoms with Gasteiger partial charge in [0.05, 0.1) is 29.7 Å². The Morgan fingerprint density at radius 1 is 1.23 bits per heavy atom. The summed E-state index contributed by atoms with van der Waals surface area (Å²) in [5.74, 6) is 0.703. The molecule has 0 aromatic carbocycles. The highest BCUT2D eigenvalue weighted by Gasteiger charge is 2.17. The third kappa shape index (κ3) is 5.43. The molecular weight excluding hydrogens is 398 g/mol. The fourth-order valence-corrected chi connectivity index (χ4v) is 3.52. The predicted octanol–water partition coefficient (Wildman–Crippen LogP) is 4.58. The summed E-state index contributed by atoms with van der Waals surface area (Å²) in [5.41, 5.74) is 2.80. The van der Waals surface area contributed by atoms with Crippen LogP contribution in [0.15, 0.2) is 29.4 Å². The lowest BCUT2D eigenvalue weighted by atomic mass is 9.96. The number of fused-ring (bicyclic) bond motifs is 1. The van der Waals surface area contributed by atoms with Crippen LogP contribution >= 0.6 is 11.3 Å². The molecule has 3 aromatic heterocycles. The Labute approximate surface area is 180 Å². The van der Waals surface area contributed by atoms with Crippen LogP contribution in [-0.2, 0) is 4.74 Å². The van der Waals surface area contributed by atoms with Crippen LogP contribution in [0.3, 0.4) is 0 Å². The summed E-state index contributed by atoms with van der Waals surface area (Å²) < 4.78 is 5.60. The Bertz CT molecular complexity index is 1040. The molecule has 0 amide bonds. The molecule has 0 saturated heterocycles. The van der Waals surface area contributed by atoms with Gasteiger partial charge < -0.3 is 15.5 Å². The third-order valence-corrected chi connectivity index (χ3v) is 5.47. The van der Waals surface area contributed by atoms with Gasteiger partial charge in [-0.05, 0) is 37.6 Å². The van der Waals surface area contributed by atoms with Crippen molar-refractivity contribution in [1.82, 2.24) is 20.2 Å². The molecule has 3 aromatic rings. The number of aliphatic imine (C=N–C) groups is 1. The lowest BCUT2D eigenvalue weighted by Crippen LogP contribution is -2.21. The van der Waals surface area contributed by atoms with Gasteiger partial charge in [-0.3, -0.25) is 9.98 Å². The summed E-state index contributed by atoms with van der Waals surface area (Å²) >= 11 is 1.52. The van der Waals surface area contributed by atoms with Crippen molar-refractivity contribution in [2.75, 3.05) is 19.0 Å². The molecule has 1 atom stereocenters. The predicted molar refractivity (Wildman–Crippen MR) is 123 cm³/mol. The highest BCUT2D eigenvalue weighted by Crippen LogP contribution is 2.26. The lowest BCUT2D eigenvalue weighted by Gasteiger charge is -2.16. The van der Waals surface area contributed by atoms with Gasteiger partial charge in [-0.1, -0.05) is 25.2 Å². The zero-order valence-electron chi connectivity index (χ0n) is 17.9. The van der Waals surface area contributed by atoms with Gasteiger partial charge in [0.15, 0.2) is 0 Å². The second-order valence-electron chi connectivity index (χ2n) is 7.50. The van der Waals surface area contributed by atoms with Crippen molar-refractivity contribution in [3.63, 3.8) is 0 Å². The quantitative estimate of drug-likeness (QED) is 0.486. The lowest BCUT2D eigenvalue weighted by molar-refractivity contribution is 0.109. The van der Waals surface area contributed by atoms with E-state index in [4.69, 9.17) is 10.1 Å². The number of hydrogen-bond donors (Lipinski definition) is 2.